The number of hydrogen-bond donors (Lipinski definition) is 0. The number of carbonyl (C=O) groups is 1. The summed E-state index contributed by atoms with van der Waals surface area (Å²) in [6.07, 6.45) is -4.64. The number of benzene rings is 1. The third kappa shape index (κ3) is 2.90. The van der Waals surface area contributed by atoms with E-state index < -0.39 is 23.1 Å². The zero-order valence-corrected chi connectivity index (χ0v) is 10.6. The minimum atomic E-state index is -4.64. The Morgan fingerprint density at radius 1 is 1.25 bits per heavy atom. The molecular formula is C9H4BrCl2F3O. The molecule has 0 saturated heterocycles. The second-order valence-corrected chi connectivity index (χ2v) is 4.24. The molecule has 0 fully saturated rings. The number of carbonyl (C=O) groups excluding carboxylic acids is 1. The number of ketones is 1. The van der Waals surface area contributed by atoms with Crippen LogP contribution in [0.3, 0.4) is 0 Å². The summed E-state index contributed by atoms with van der Waals surface area (Å²) in [5.41, 5.74) is -1.56. The van der Waals surface area contributed by atoms with Crippen LogP contribution in [-0.2, 0) is 6.18 Å². The van der Waals surface area contributed by atoms with Crippen molar-refractivity contribution in [3.63, 3.8) is 0 Å². The van der Waals surface area contributed by atoms with Gasteiger partial charge in [-0.1, -0.05) is 39.1 Å². The van der Waals surface area contributed by atoms with Gasteiger partial charge in [0.1, 0.15) is 0 Å². The van der Waals surface area contributed by atoms with Crippen molar-refractivity contribution in [3.8, 4) is 0 Å². The van der Waals surface area contributed by atoms with Gasteiger partial charge in [0.25, 0.3) is 0 Å². The first-order valence-electron chi connectivity index (χ1n) is 3.92. The molecule has 0 heterocycles. The van der Waals surface area contributed by atoms with E-state index in [9.17, 15) is 18.0 Å². The molecule has 0 aliphatic rings. The topological polar surface area (TPSA) is 17.1 Å². The molecule has 0 spiro atoms. The number of halogens is 6. The Hall–Kier alpha value is -0.260. The third-order valence-corrected chi connectivity index (χ3v) is 3.02. The van der Waals surface area contributed by atoms with Gasteiger partial charge in [0.15, 0.2) is 5.78 Å². The molecule has 0 N–H and O–H groups in total. The molecular weight excluding hydrogens is 332 g/mol. The van der Waals surface area contributed by atoms with Gasteiger partial charge in [-0.25, -0.2) is 0 Å². The van der Waals surface area contributed by atoms with Gasteiger partial charge in [0, 0.05) is 5.56 Å². The minimum absolute atomic E-state index is 0.0843. The zero-order chi connectivity index (χ0) is 12.5. The zero-order valence-electron chi connectivity index (χ0n) is 7.54. The molecule has 0 aliphatic carbocycles. The molecule has 0 aromatic heterocycles. The molecule has 1 nitrogen and oxygen atoms in total. The van der Waals surface area contributed by atoms with E-state index in [1.165, 1.54) is 0 Å². The molecule has 1 aromatic carbocycles. The predicted octanol–water partition coefficient (Wildman–Crippen LogP) is 4.59. The third-order valence-electron chi connectivity index (χ3n) is 1.79. The highest BCUT2D eigenvalue weighted by molar-refractivity contribution is 9.09. The highest BCUT2D eigenvalue weighted by Gasteiger charge is 2.35. The summed E-state index contributed by atoms with van der Waals surface area (Å²) in [5, 5.41) is -0.535. The summed E-state index contributed by atoms with van der Waals surface area (Å²) in [4.78, 5) is 11.3. The van der Waals surface area contributed by atoms with Crippen molar-refractivity contribution in [1.29, 1.82) is 0 Å². The molecule has 1 aromatic rings. The summed E-state index contributed by atoms with van der Waals surface area (Å²) in [7, 11) is 0. The van der Waals surface area contributed by atoms with Crippen LogP contribution in [0.4, 0.5) is 13.2 Å². The van der Waals surface area contributed by atoms with Crippen LogP contribution in [0.2, 0.25) is 10.0 Å². The van der Waals surface area contributed by atoms with Crippen molar-refractivity contribution in [3.05, 3.63) is 33.3 Å². The maximum atomic E-state index is 12.6. The molecule has 16 heavy (non-hydrogen) atoms. The van der Waals surface area contributed by atoms with Gasteiger partial charge >= 0.3 is 6.18 Å². The molecule has 0 saturated carbocycles. The van der Waals surface area contributed by atoms with E-state index in [2.05, 4.69) is 15.9 Å². The first-order valence-corrected chi connectivity index (χ1v) is 5.80. The van der Waals surface area contributed by atoms with Crippen LogP contribution in [0.1, 0.15) is 15.9 Å². The summed E-state index contributed by atoms with van der Waals surface area (Å²) < 4.78 is 37.8. The lowest BCUT2D eigenvalue weighted by molar-refractivity contribution is -0.137. The number of Topliss-reactive ketones (excluding diaryl/α,β-unsaturated/α-hetero) is 1. The summed E-state index contributed by atoms with van der Waals surface area (Å²) in [6, 6.07) is 1.58. The monoisotopic (exact) mass is 334 g/mol. The summed E-state index contributed by atoms with van der Waals surface area (Å²) >= 11 is 13.9. The van der Waals surface area contributed by atoms with Crippen LogP contribution in [-0.4, -0.2) is 11.1 Å². The molecule has 1 rings (SSSR count). The van der Waals surface area contributed by atoms with Crippen molar-refractivity contribution < 1.29 is 18.0 Å². The average molecular weight is 336 g/mol. The van der Waals surface area contributed by atoms with Gasteiger partial charge in [-0.2, -0.15) is 13.2 Å². The van der Waals surface area contributed by atoms with Crippen LogP contribution < -0.4 is 0 Å². The fourth-order valence-electron chi connectivity index (χ4n) is 1.08. The van der Waals surface area contributed by atoms with Crippen LogP contribution >= 0.6 is 39.1 Å². The Kier molecular flexibility index (Phi) is 4.26. The largest absolute Gasteiger partial charge is 0.417 e. The Morgan fingerprint density at radius 3 is 2.19 bits per heavy atom. The average Bonchev–Trinajstić information content (AvgIpc) is 2.18. The molecule has 0 bridgehead atoms. The SMILES string of the molecule is O=C(CBr)c1cc(Cl)c(Cl)cc1C(F)(F)F. The van der Waals surface area contributed by atoms with E-state index in [0.717, 1.165) is 6.07 Å². The minimum Gasteiger partial charge on any atom is -0.293 e. The fourth-order valence-corrected chi connectivity index (χ4v) is 1.71. The maximum absolute atomic E-state index is 12.6. The summed E-state index contributed by atoms with van der Waals surface area (Å²) in [6.45, 7) is 0. The first-order chi connectivity index (χ1) is 7.27. The molecule has 88 valence electrons. The lowest BCUT2D eigenvalue weighted by Crippen LogP contribution is -2.14. The van der Waals surface area contributed by atoms with E-state index in [-0.39, 0.29) is 15.4 Å². The quantitative estimate of drug-likeness (QED) is 0.570. The van der Waals surface area contributed by atoms with Crippen molar-refractivity contribution in [2.24, 2.45) is 0 Å². The Balaban J connectivity index is 3.45. The lowest BCUT2D eigenvalue weighted by atomic mass is 10.0. The van der Waals surface area contributed by atoms with Crippen molar-refractivity contribution >= 4 is 44.9 Å². The molecule has 7 heteroatoms. The van der Waals surface area contributed by atoms with E-state index in [1.807, 2.05) is 0 Å². The molecule has 0 atom stereocenters. The van der Waals surface area contributed by atoms with Crippen LogP contribution in [0.5, 0.6) is 0 Å². The van der Waals surface area contributed by atoms with Gasteiger partial charge in [0.2, 0.25) is 0 Å². The number of hydrogen-bond acceptors (Lipinski definition) is 1. The number of rotatable bonds is 2. The highest BCUT2D eigenvalue weighted by Crippen LogP contribution is 2.37. The van der Waals surface area contributed by atoms with Gasteiger partial charge in [-0.05, 0) is 12.1 Å². The molecule has 0 unspecified atom stereocenters. The lowest BCUT2D eigenvalue weighted by Gasteiger charge is -2.12. The molecule has 0 aliphatic heterocycles. The molecule has 0 radical (unpaired) electrons. The second kappa shape index (κ2) is 4.94. The van der Waals surface area contributed by atoms with E-state index in [0.29, 0.717) is 6.07 Å². The van der Waals surface area contributed by atoms with Gasteiger partial charge < -0.3 is 0 Å². The molecule has 0 amide bonds. The first kappa shape index (κ1) is 13.8. The summed E-state index contributed by atoms with van der Waals surface area (Å²) in [5.74, 6) is -0.703. The number of alkyl halides is 4. The Morgan fingerprint density at radius 2 is 1.75 bits per heavy atom. The van der Waals surface area contributed by atoms with E-state index >= 15 is 0 Å². The maximum Gasteiger partial charge on any atom is 0.417 e. The second-order valence-electron chi connectivity index (χ2n) is 2.87. The smallest absolute Gasteiger partial charge is 0.293 e. The van der Waals surface area contributed by atoms with Gasteiger partial charge in [-0.15, -0.1) is 0 Å². The Labute approximate surface area is 108 Å². The van der Waals surface area contributed by atoms with Gasteiger partial charge in [0.05, 0.1) is 20.9 Å². The standard InChI is InChI=1S/C9H4BrCl2F3O/c10-3-8(16)4-1-6(11)7(12)2-5(4)9(13,14)15/h1-2H,3H2. The predicted molar refractivity (Wildman–Crippen MR) is 59.6 cm³/mol. The van der Waals surface area contributed by atoms with Crippen LogP contribution in [0.15, 0.2) is 12.1 Å². The van der Waals surface area contributed by atoms with Crippen LogP contribution in [0.25, 0.3) is 0 Å². The van der Waals surface area contributed by atoms with Crippen molar-refractivity contribution in [2.45, 2.75) is 6.18 Å². The van der Waals surface area contributed by atoms with Gasteiger partial charge in [-0.3, -0.25) is 4.79 Å². The van der Waals surface area contributed by atoms with E-state index in [1.54, 1.807) is 0 Å². The fraction of sp³-hybridized carbons (Fsp3) is 0.222. The van der Waals surface area contributed by atoms with E-state index in [4.69, 9.17) is 23.2 Å². The van der Waals surface area contributed by atoms with Crippen molar-refractivity contribution in [2.75, 3.05) is 5.33 Å². The Bertz CT molecular complexity index is 431. The normalized spacial score (nSPS) is 11.6. The van der Waals surface area contributed by atoms with Crippen LogP contribution in [0, 0.1) is 0 Å². The van der Waals surface area contributed by atoms with Crippen molar-refractivity contribution in [1.82, 2.24) is 0 Å². The highest BCUT2D eigenvalue weighted by atomic mass is 79.9.